The molecule has 0 saturated heterocycles. The maximum atomic E-state index is 12.4. The van der Waals surface area contributed by atoms with Crippen molar-refractivity contribution in [3.05, 3.63) is 78.1 Å². The molecule has 0 amide bonds. The van der Waals surface area contributed by atoms with Crippen LogP contribution in [-0.4, -0.2) is 23.1 Å². The predicted octanol–water partition coefficient (Wildman–Crippen LogP) is 8.06. The topological polar surface area (TPSA) is 51.5 Å². The molecule has 0 N–H and O–H groups in total. The number of benzene rings is 1. The van der Waals surface area contributed by atoms with Crippen molar-refractivity contribution >= 4 is 17.2 Å². The first-order valence-electron chi connectivity index (χ1n) is 13.6. The standard InChI is InChI=1S/C32H40N2O2.H2/c1-23(2)24(3)32(35)22-36-29-12-8-11-28(21-29)31-14-6-4-5-13-30(34-31)27-10-7-9-25(15-16-27)26-17-19-33-20-18-26;/h5,8,11-14,17-21,23-25,27H,4,6-7,9-10,15-16,22H2,1-3H3;1H/b13-5-,31-14+,34-30-;. The van der Waals surface area contributed by atoms with Crippen LogP contribution in [0.2, 0.25) is 0 Å². The summed E-state index contributed by atoms with van der Waals surface area (Å²) in [7, 11) is 0. The number of hydrogen-bond donors (Lipinski definition) is 0. The van der Waals surface area contributed by atoms with Crippen molar-refractivity contribution in [1.29, 1.82) is 0 Å². The Morgan fingerprint density at radius 2 is 1.81 bits per heavy atom. The van der Waals surface area contributed by atoms with Gasteiger partial charge in [-0.05, 0) is 86.3 Å². The van der Waals surface area contributed by atoms with Crippen molar-refractivity contribution in [2.45, 2.75) is 71.6 Å². The molecule has 1 aromatic carbocycles. The zero-order chi connectivity index (χ0) is 25.3. The fourth-order valence-electron chi connectivity index (χ4n) is 5.12. The second-order valence-electron chi connectivity index (χ2n) is 10.6. The van der Waals surface area contributed by atoms with Gasteiger partial charge < -0.3 is 4.74 Å². The summed E-state index contributed by atoms with van der Waals surface area (Å²) < 4.78 is 5.90. The predicted molar refractivity (Wildman–Crippen MR) is 150 cm³/mol. The molecule has 192 valence electrons. The minimum atomic E-state index is -0.00169. The Morgan fingerprint density at radius 1 is 1.03 bits per heavy atom. The summed E-state index contributed by atoms with van der Waals surface area (Å²) in [6.45, 7) is 6.23. The largest absolute Gasteiger partial charge is 0.486 e. The zero-order valence-electron chi connectivity index (χ0n) is 22.0. The molecule has 1 fully saturated rings. The number of ether oxygens (including phenoxy) is 1. The third-order valence-corrected chi connectivity index (χ3v) is 7.79. The summed E-state index contributed by atoms with van der Waals surface area (Å²) >= 11 is 0. The fraction of sp³-hybridized carbons (Fsp3) is 0.469. The highest BCUT2D eigenvalue weighted by Gasteiger charge is 2.23. The van der Waals surface area contributed by atoms with Crippen LogP contribution in [0.5, 0.6) is 5.75 Å². The molecule has 0 spiro atoms. The van der Waals surface area contributed by atoms with E-state index in [9.17, 15) is 4.79 Å². The Bertz CT molecular complexity index is 1110. The molecule has 1 aliphatic heterocycles. The van der Waals surface area contributed by atoms with Crippen molar-refractivity contribution in [3.8, 4) is 5.75 Å². The third kappa shape index (κ3) is 7.02. The van der Waals surface area contributed by atoms with Gasteiger partial charge in [0.1, 0.15) is 12.4 Å². The van der Waals surface area contributed by atoms with Crippen LogP contribution in [0.15, 0.2) is 72.0 Å². The first-order valence-corrected chi connectivity index (χ1v) is 13.6. The Labute approximate surface area is 218 Å². The van der Waals surface area contributed by atoms with E-state index in [1.165, 1.54) is 37.0 Å². The van der Waals surface area contributed by atoms with Gasteiger partial charge in [-0.15, -0.1) is 0 Å². The van der Waals surface area contributed by atoms with Crippen molar-refractivity contribution < 1.29 is 11.0 Å². The molecule has 1 saturated carbocycles. The molecule has 4 rings (SSSR count). The first kappa shape index (κ1) is 26.1. The Kier molecular flexibility index (Phi) is 9.27. The number of ketones is 1. The minimum absolute atomic E-state index is 0. The lowest BCUT2D eigenvalue weighted by atomic mass is 9.90. The van der Waals surface area contributed by atoms with Gasteiger partial charge in [0.05, 0.1) is 5.70 Å². The van der Waals surface area contributed by atoms with E-state index < -0.39 is 0 Å². The summed E-state index contributed by atoms with van der Waals surface area (Å²) in [4.78, 5) is 21.8. The molecular formula is C32H42N2O2. The summed E-state index contributed by atoms with van der Waals surface area (Å²) in [5.41, 5.74) is 4.67. The summed E-state index contributed by atoms with van der Waals surface area (Å²) in [5.74, 6) is 2.27. The summed E-state index contributed by atoms with van der Waals surface area (Å²) in [6, 6.07) is 12.4. The minimum Gasteiger partial charge on any atom is -0.486 e. The number of aromatic nitrogens is 1. The van der Waals surface area contributed by atoms with Crippen LogP contribution >= 0.6 is 0 Å². The van der Waals surface area contributed by atoms with Gasteiger partial charge in [-0.2, -0.15) is 0 Å². The smallest absolute Gasteiger partial charge is 0.173 e. The van der Waals surface area contributed by atoms with Crippen LogP contribution in [0.3, 0.4) is 0 Å². The number of Topliss-reactive ketones (excluding diaryl/α,β-unsaturated/α-hetero) is 1. The molecule has 0 radical (unpaired) electrons. The van der Waals surface area contributed by atoms with Crippen molar-refractivity contribution in [2.24, 2.45) is 22.7 Å². The van der Waals surface area contributed by atoms with Gasteiger partial charge in [-0.25, -0.2) is 0 Å². The van der Waals surface area contributed by atoms with Gasteiger partial charge in [0.2, 0.25) is 0 Å². The maximum absolute atomic E-state index is 12.4. The van der Waals surface area contributed by atoms with E-state index in [1.807, 2.05) is 37.5 Å². The highest BCUT2D eigenvalue weighted by Crippen LogP contribution is 2.35. The number of allylic oxidation sites excluding steroid dienone is 3. The van der Waals surface area contributed by atoms with Crippen molar-refractivity contribution in [3.63, 3.8) is 0 Å². The van der Waals surface area contributed by atoms with E-state index in [0.717, 1.165) is 36.3 Å². The van der Waals surface area contributed by atoms with Crippen LogP contribution in [-0.2, 0) is 4.79 Å². The lowest BCUT2D eigenvalue weighted by molar-refractivity contribution is -0.125. The molecule has 2 heterocycles. The van der Waals surface area contributed by atoms with E-state index in [0.29, 0.717) is 17.8 Å². The zero-order valence-corrected chi connectivity index (χ0v) is 22.0. The molecule has 0 bridgehead atoms. The van der Waals surface area contributed by atoms with Gasteiger partial charge in [0, 0.05) is 36.9 Å². The molecule has 1 aromatic heterocycles. The van der Waals surface area contributed by atoms with Crippen LogP contribution < -0.4 is 4.74 Å². The average Bonchev–Trinajstić information content (AvgIpc) is 3.14. The van der Waals surface area contributed by atoms with Crippen LogP contribution in [0.1, 0.15) is 84.2 Å². The van der Waals surface area contributed by atoms with Crippen LogP contribution in [0, 0.1) is 17.8 Å². The first-order chi connectivity index (χ1) is 17.5. The summed E-state index contributed by atoms with van der Waals surface area (Å²) in [6.07, 6.45) is 18.6. The van der Waals surface area contributed by atoms with E-state index in [1.54, 1.807) is 0 Å². The quantitative estimate of drug-likeness (QED) is 0.355. The molecule has 4 heteroatoms. The third-order valence-electron chi connectivity index (χ3n) is 7.79. The molecule has 1 aliphatic carbocycles. The molecule has 3 atom stereocenters. The van der Waals surface area contributed by atoms with Gasteiger partial charge in [0.25, 0.3) is 0 Å². The lowest BCUT2D eigenvalue weighted by Gasteiger charge is -2.18. The Hall–Kier alpha value is -3.01. The SMILES string of the molecule is CC(C)C(C)C(=O)COc1cccc(C2=C/CC\C=C/C(C3CCCC(c4ccncc4)CC3)=N/2)c1.[HH]. The van der Waals surface area contributed by atoms with E-state index >= 15 is 0 Å². The van der Waals surface area contributed by atoms with Crippen LogP contribution in [0.25, 0.3) is 5.70 Å². The summed E-state index contributed by atoms with van der Waals surface area (Å²) in [5, 5.41) is 0. The van der Waals surface area contributed by atoms with E-state index in [2.05, 4.69) is 55.3 Å². The number of nitrogens with zero attached hydrogens (tertiary/aromatic N) is 2. The average molecular weight is 487 g/mol. The van der Waals surface area contributed by atoms with Gasteiger partial charge in [-0.1, -0.05) is 51.5 Å². The second-order valence-corrected chi connectivity index (χ2v) is 10.6. The molecule has 4 nitrogen and oxygen atoms in total. The number of rotatable bonds is 8. The second kappa shape index (κ2) is 12.8. The number of aliphatic imine (C=N–C) groups is 1. The fourth-order valence-corrected chi connectivity index (χ4v) is 5.12. The highest BCUT2D eigenvalue weighted by atomic mass is 16.5. The monoisotopic (exact) mass is 486 g/mol. The normalized spacial score (nSPS) is 25.3. The van der Waals surface area contributed by atoms with Crippen molar-refractivity contribution in [1.82, 2.24) is 4.98 Å². The van der Waals surface area contributed by atoms with Crippen LogP contribution in [0.4, 0.5) is 0 Å². The highest BCUT2D eigenvalue weighted by molar-refractivity contribution is 6.00. The molecule has 2 aromatic rings. The molecular weight excluding hydrogens is 444 g/mol. The Morgan fingerprint density at radius 3 is 2.61 bits per heavy atom. The maximum Gasteiger partial charge on any atom is 0.173 e. The number of pyridine rings is 1. The Balaban J connectivity index is 0.00000380. The lowest BCUT2D eigenvalue weighted by Crippen LogP contribution is -2.23. The number of carbonyl (C=O) groups excluding carboxylic acids is 1. The molecule has 3 unspecified atom stereocenters. The van der Waals surface area contributed by atoms with E-state index in [-0.39, 0.29) is 19.7 Å². The molecule has 2 aliphatic rings. The van der Waals surface area contributed by atoms with Gasteiger partial charge in [-0.3, -0.25) is 14.8 Å². The van der Waals surface area contributed by atoms with Gasteiger partial charge in [0.15, 0.2) is 5.78 Å². The van der Waals surface area contributed by atoms with Gasteiger partial charge >= 0.3 is 0 Å². The number of hydrogen-bond acceptors (Lipinski definition) is 4. The van der Waals surface area contributed by atoms with Crippen molar-refractivity contribution in [2.75, 3.05) is 6.61 Å². The number of carbonyl (C=O) groups is 1. The molecule has 36 heavy (non-hydrogen) atoms. The van der Waals surface area contributed by atoms with E-state index in [4.69, 9.17) is 9.73 Å².